The molecule has 9 nitrogen and oxygen atoms in total. The van der Waals surface area contributed by atoms with E-state index < -0.39 is 0 Å². The van der Waals surface area contributed by atoms with Crippen molar-refractivity contribution in [3.05, 3.63) is 46.2 Å². The van der Waals surface area contributed by atoms with E-state index in [2.05, 4.69) is 39.4 Å². The molecule has 1 aliphatic heterocycles. The molecule has 3 rings (SSSR count). The van der Waals surface area contributed by atoms with Gasteiger partial charge in [0.2, 0.25) is 0 Å². The fourth-order valence-corrected chi connectivity index (χ4v) is 4.54. The van der Waals surface area contributed by atoms with Crippen molar-refractivity contribution in [1.29, 1.82) is 0 Å². The number of aryl methyl sites for hydroxylation is 1. The van der Waals surface area contributed by atoms with Crippen LogP contribution in [0.2, 0.25) is 5.02 Å². The van der Waals surface area contributed by atoms with Crippen LogP contribution >= 0.6 is 11.6 Å². The van der Waals surface area contributed by atoms with Crippen molar-refractivity contribution in [2.75, 3.05) is 38.0 Å². The van der Waals surface area contributed by atoms with Gasteiger partial charge in [-0.3, -0.25) is 19.2 Å². The lowest BCUT2D eigenvalue weighted by Crippen LogP contribution is -2.42. The number of hydrogen-bond acceptors (Lipinski definition) is 6. The van der Waals surface area contributed by atoms with Gasteiger partial charge in [0.25, 0.3) is 11.8 Å². The summed E-state index contributed by atoms with van der Waals surface area (Å²) in [6, 6.07) is 5.05. The van der Waals surface area contributed by atoms with Gasteiger partial charge in [-0.1, -0.05) is 25.4 Å². The number of carbonyl (C=O) groups excluding carboxylic acids is 2. The Labute approximate surface area is 206 Å². The molecule has 4 N–H and O–H groups in total. The zero-order valence-electron chi connectivity index (χ0n) is 20.5. The second kappa shape index (κ2) is 11.8. The van der Waals surface area contributed by atoms with Crippen LogP contribution in [0, 0.1) is 0 Å². The number of hydrogen-bond donors (Lipinski definition) is 3. The third-order valence-corrected chi connectivity index (χ3v) is 6.41. The maximum absolute atomic E-state index is 13.0. The molecule has 10 heteroatoms. The Kier molecular flexibility index (Phi) is 9.07. The van der Waals surface area contributed by atoms with Crippen LogP contribution in [0.5, 0.6) is 0 Å². The minimum atomic E-state index is -0.319. The van der Waals surface area contributed by atoms with E-state index in [1.54, 1.807) is 29.9 Å². The number of anilines is 1. The van der Waals surface area contributed by atoms with Crippen LogP contribution in [0.15, 0.2) is 24.4 Å². The first-order chi connectivity index (χ1) is 16.2. The summed E-state index contributed by atoms with van der Waals surface area (Å²) in [6.45, 7) is 11.1. The van der Waals surface area contributed by atoms with E-state index in [0.29, 0.717) is 23.5 Å². The van der Waals surface area contributed by atoms with Crippen LogP contribution in [0.4, 0.5) is 5.69 Å². The van der Waals surface area contributed by atoms with Gasteiger partial charge in [0.15, 0.2) is 5.69 Å². The lowest BCUT2D eigenvalue weighted by molar-refractivity contribution is 0.0930. The van der Waals surface area contributed by atoms with E-state index in [4.69, 9.17) is 17.3 Å². The normalized spacial score (nSPS) is 17.2. The number of nitrogens with one attached hydrogen (secondary N) is 2. The van der Waals surface area contributed by atoms with E-state index in [0.717, 1.165) is 44.7 Å². The zero-order chi connectivity index (χ0) is 24.8. The van der Waals surface area contributed by atoms with Crippen molar-refractivity contribution in [3.63, 3.8) is 0 Å². The molecule has 0 bridgehead atoms. The Morgan fingerprint density at radius 2 is 2.03 bits per heavy atom. The summed E-state index contributed by atoms with van der Waals surface area (Å²) in [5, 5.41) is 10.5. The average Bonchev–Trinajstić information content (AvgIpc) is 3.36. The number of nitrogens with two attached hydrogens (primary N) is 1. The minimum absolute atomic E-state index is 0.0180. The molecule has 1 aromatic carbocycles. The van der Waals surface area contributed by atoms with Gasteiger partial charge in [-0.15, -0.1) is 0 Å². The quantitative estimate of drug-likeness (QED) is 0.472. The Hall–Kier alpha value is -2.46. The lowest BCUT2D eigenvalue weighted by atomic mass is 10.1. The molecule has 186 valence electrons. The maximum Gasteiger partial charge on any atom is 0.276 e. The van der Waals surface area contributed by atoms with E-state index in [-0.39, 0.29) is 28.9 Å². The number of aromatic nitrogens is 2. The van der Waals surface area contributed by atoms with E-state index in [1.807, 2.05) is 13.1 Å². The fourth-order valence-electron chi connectivity index (χ4n) is 4.28. The third-order valence-electron chi connectivity index (χ3n) is 6.10. The fraction of sp³-hybridized carbons (Fsp3) is 0.542. The lowest BCUT2D eigenvalue weighted by Gasteiger charge is -2.23. The maximum atomic E-state index is 13.0. The summed E-state index contributed by atoms with van der Waals surface area (Å²) in [4.78, 5) is 30.1. The minimum Gasteiger partial charge on any atom is -0.348 e. The molecule has 0 spiro atoms. The number of benzene rings is 1. The smallest absolute Gasteiger partial charge is 0.276 e. The SMILES string of the molecule is CCN(CC)CC(C)NC(=O)c1ccc(NC(=O)c2nn(C)cc2CN2CCC(N)C2)cc1Cl. The molecule has 2 heterocycles. The summed E-state index contributed by atoms with van der Waals surface area (Å²) in [5.41, 5.74) is 8.09. The van der Waals surface area contributed by atoms with Crippen molar-refractivity contribution in [3.8, 4) is 0 Å². The van der Waals surface area contributed by atoms with Crippen LogP contribution in [0.1, 0.15) is 53.6 Å². The molecule has 2 aromatic rings. The highest BCUT2D eigenvalue weighted by atomic mass is 35.5. The molecule has 2 unspecified atom stereocenters. The third kappa shape index (κ3) is 6.79. The average molecular weight is 490 g/mol. The van der Waals surface area contributed by atoms with E-state index in [1.165, 1.54) is 0 Å². The number of likely N-dealkylation sites (tertiary alicyclic amines) is 1. The number of nitrogens with zero attached hydrogens (tertiary/aromatic N) is 4. The second-order valence-electron chi connectivity index (χ2n) is 8.97. The van der Waals surface area contributed by atoms with Crippen LogP contribution in [-0.4, -0.2) is 76.2 Å². The van der Waals surface area contributed by atoms with Crippen LogP contribution in [0.3, 0.4) is 0 Å². The Morgan fingerprint density at radius 3 is 2.65 bits per heavy atom. The van der Waals surface area contributed by atoms with Crippen molar-refractivity contribution in [2.45, 2.75) is 45.8 Å². The standard InChI is InChI=1S/C24H36ClN7O2/c1-5-31(6-2)12-16(3)27-23(33)20-8-7-19(11-21(20)25)28-24(34)22-17(13-30(4)29-22)14-32-10-9-18(26)15-32/h7-8,11,13,16,18H,5-6,9-10,12,14-15,26H2,1-4H3,(H,27,33)(H,28,34). The number of likely N-dealkylation sites (N-methyl/N-ethyl adjacent to an activating group) is 1. The largest absolute Gasteiger partial charge is 0.348 e. The van der Waals surface area contributed by atoms with Gasteiger partial charge in [0.05, 0.1) is 10.6 Å². The van der Waals surface area contributed by atoms with Gasteiger partial charge in [0.1, 0.15) is 0 Å². The molecule has 1 fully saturated rings. The number of rotatable bonds is 10. The van der Waals surface area contributed by atoms with Crippen LogP contribution in [0.25, 0.3) is 0 Å². The summed E-state index contributed by atoms with van der Waals surface area (Å²) in [7, 11) is 1.79. The van der Waals surface area contributed by atoms with E-state index in [9.17, 15) is 9.59 Å². The summed E-state index contributed by atoms with van der Waals surface area (Å²) < 4.78 is 1.64. The van der Waals surface area contributed by atoms with Crippen molar-refractivity contribution in [2.24, 2.45) is 12.8 Å². The number of amides is 2. The van der Waals surface area contributed by atoms with Crippen molar-refractivity contribution in [1.82, 2.24) is 24.9 Å². The zero-order valence-corrected chi connectivity index (χ0v) is 21.2. The van der Waals surface area contributed by atoms with Crippen molar-refractivity contribution >= 4 is 29.1 Å². The predicted molar refractivity (Wildman–Crippen MR) is 135 cm³/mol. The highest BCUT2D eigenvalue weighted by Crippen LogP contribution is 2.22. The first kappa shape index (κ1) is 26.2. The van der Waals surface area contributed by atoms with Gasteiger partial charge in [0, 0.05) is 62.8 Å². The molecular formula is C24H36ClN7O2. The Morgan fingerprint density at radius 1 is 1.29 bits per heavy atom. The van der Waals surface area contributed by atoms with Crippen LogP contribution < -0.4 is 16.4 Å². The molecule has 0 aliphatic carbocycles. The Bertz CT molecular complexity index is 1010. The molecule has 0 radical (unpaired) electrons. The van der Waals surface area contributed by atoms with Gasteiger partial charge < -0.3 is 21.3 Å². The summed E-state index contributed by atoms with van der Waals surface area (Å²) in [6.07, 6.45) is 2.81. The summed E-state index contributed by atoms with van der Waals surface area (Å²) in [5.74, 6) is -0.557. The molecule has 1 aliphatic rings. The van der Waals surface area contributed by atoms with E-state index >= 15 is 0 Å². The first-order valence-electron chi connectivity index (χ1n) is 11.8. The second-order valence-corrected chi connectivity index (χ2v) is 9.38. The number of halogens is 1. The first-order valence-corrected chi connectivity index (χ1v) is 12.2. The van der Waals surface area contributed by atoms with Crippen molar-refractivity contribution < 1.29 is 9.59 Å². The van der Waals surface area contributed by atoms with Gasteiger partial charge in [-0.05, 0) is 44.6 Å². The van der Waals surface area contributed by atoms with Gasteiger partial charge >= 0.3 is 0 Å². The number of carbonyl (C=O) groups is 2. The Balaban J connectivity index is 1.64. The monoisotopic (exact) mass is 489 g/mol. The summed E-state index contributed by atoms with van der Waals surface area (Å²) >= 11 is 6.40. The molecule has 1 saturated heterocycles. The topological polar surface area (TPSA) is 109 Å². The van der Waals surface area contributed by atoms with Gasteiger partial charge in [-0.25, -0.2) is 0 Å². The molecule has 2 amide bonds. The molecule has 34 heavy (non-hydrogen) atoms. The molecule has 0 saturated carbocycles. The molecular weight excluding hydrogens is 454 g/mol. The van der Waals surface area contributed by atoms with Gasteiger partial charge in [-0.2, -0.15) is 5.10 Å². The highest BCUT2D eigenvalue weighted by molar-refractivity contribution is 6.34. The molecule has 1 aromatic heterocycles. The van der Waals surface area contributed by atoms with Crippen LogP contribution in [-0.2, 0) is 13.6 Å². The highest BCUT2D eigenvalue weighted by Gasteiger charge is 2.23. The molecule has 2 atom stereocenters. The predicted octanol–water partition coefficient (Wildman–Crippen LogP) is 2.32.